The van der Waals surface area contributed by atoms with Gasteiger partial charge in [0.05, 0.1) is 6.04 Å². The topological polar surface area (TPSA) is 55.1 Å². The number of amides is 1. The maximum absolute atomic E-state index is 11.6. The van der Waals surface area contributed by atoms with Crippen LogP contribution in [0.1, 0.15) is 52.7 Å². The van der Waals surface area contributed by atoms with Crippen LogP contribution in [0.25, 0.3) is 0 Å². The summed E-state index contributed by atoms with van der Waals surface area (Å²) in [5, 5.41) is 3.78. The molecule has 2 bridgehead atoms. The van der Waals surface area contributed by atoms with E-state index in [0.29, 0.717) is 23.4 Å². The van der Waals surface area contributed by atoms with E-state index in [4.69, 9.17) is 5.73 Å². The Morgan fingerprint density at radius 1 is 1.04 bits per heavy atom. The number of rotatable bonds is 2. The van der Waals surface area contributed by atoms with E-state index < -0.39 is 0 Å². The van der Waals surface area contributed by atoms with Crippen LogP contribution in [0.15, 0.2) is 48.5 Å². The van der Waals surface area contributed by atoms with E-state index >= 15 is 0 Å². The van der Waals surface area contributed by atoms with Crippen LogP contribution in [-0.2, 0) is 0 Å². The van der Waals surface area contributed by atoms with Gasteiger partial charge in [-0.25, -0.2) is 0 Å². The molecule has 3 aliphatic rings. The van der Waals surface area contributed by atoms with Crippen LogP contribution in [0, 0.1) is 17.8 Å². The van der Waals surface area contributed by atoms with Gasteiger partial charge in [0.2, 0.25) is 5.91 Å². The summed E-state index contributed by atoms with van der Waals surface area (Å²) in [5.74, 6) is 2.41. The normalized spacial score (nSPS) is 32.8. The van der Waals surface area contributed by atoms with Gasteiger partial charge in [0.1, 0.15) is 0 Å². The second-order valence-electron chi connectivity index (χ2n) is 7.64. The van der Waals surface area contributed by atoms with Crippen molar-refractivity contribution in [2.45, 2.75) is 31.2 Å². The molecule has 5 rings (SSSR count). The summed E-state index contributed by atoms with van der Waals surface area (Å²) in [4.78, 5) is 11.6. The van der Waals surface area contributed by atoms with Gasteiger partial charge >= 0.3 is 0 Å². The molecule has 0 spiro atoms. The molecular weight excluding hydrogens is 296 g/mol. The average molecular weight is 318 g/mol. The second-order valence-corrected chi connectivity index (χ2v) is 7.64. The highest BCUT2D eigenvalue weighted by Crippen LogP contribution is 2.63. The van der Waals surface area contributed by atoms with Gasteiger partial charge in [-0.1, -0.05) is 30.3 Å². The van der Waals surface area contributed by atoms with Gasteiger partial charge in [-0.05, 0) is 72.3 Å². The van der Waals surface area contributed by atoms with Crippen LogP contribution >= 0.6 is 0 Å². The zero-order chi connectivity index (χ0) is 16.3. The van der Waals surface area contributed by atoms with Gasteiger partial charge in [-0.15, -0.1) is 0 Å². The van der Waals surface area contributed by atoms with E-state index in [9.17, 15) is 4.79 Å². The number of hydrogen-bond acceptors (Lipinski definition) is 2. The first-order chi connectivity index (χ1) is 11.7. The molecule has 0 aromatic heterocycles. The molecule has 2 aromatic carbocycles. The molecule has 1 heterocycles. The second kappa shape index (κ2) is 5.10. The lowest BCUT2D eigenvalue weighted by atomic mass is 9.68. The van der Waals surface area contributed by atoms with Crippen molar-refractivity contribution >= 4 is 11.6 Å². The monoisotopic (exact) mass is 318 g/mol. The fraction of sp³-hybridized carbons (Fsp3) is 0.381. The number of nitrogens with two attached hydrogens (primary N) is 1. The minimum atomic E-state index is -0.331. The highest BCUT2D eigenvalue weighted by Gasteiger charge is 2.53. The van der Waals surface area contributed by atoms with E-state index in [1.807, 2.05) is 18.2 Å². The molecule has 0 radical (unpaired) electrons. The van der Waals surface area contributed by atoms with Crippen LogP contribution in [0.4, 0.5) is 5.69 Å². The third kappa shape index (κ3) is 1.94. The number of primary amides is 1. The minimum absolute atomic E-state index is 0.331. The number of benzene rings is 2. The number of carbonyl (C=O) groups is 1. The van der Waals surface area contributed by atoms with Crippen molar-refractivity contribution in [1.82, 2.24) is 0 Å². The maximum atomic E-state index is 11.6. The van der Waals surface area contributed by atoms with Gasteiger partial charge < -0.3 is 11.1 Å². The molecule has 1 aliphatic heterocycles. The summed E-state index contributed by atoms with van der Waals surface area (Å²) in [5.41, 5.74) is 10.0. The first-order valence-electron chi connectivity index (χ1n) is 8.97. The molecule has 2 saturated carbocycles. The van der Waals surface area contributed by atoms with Crippen LogP contribution in [-0.4, -0.2) is 5.91 Å². The Morgan fingerprint density at radius 2 is 1.83 bits per heavy atom. The molecule has 5 atom stereocenters. The number of carbonyl (C=O) groups excluding carboxylic acids is 1. The van der Waals surface area contributed by atoms with Crippen molar-refractivity contribution in [1.29, 1.82) is 0 Å². The van der Waals surface area contributed by atoms with Crippen molar-refractivity contribution in [3.8, 4) is 0 Å². The standard InChI is InChI=1S/C21H22N2O/c22-21(24)15-8-9-17-16(11-15)18-13-6-7-14(10-13)19(18)20(23-17)12-4-2-1-3-5-12/h1-5,8-9,11,13-14,18-20,23H,6-7,10H2,(H2,22,24)/t13-,14-,18-,19+,20-/m0/s1. The first kappa shape index (κ1) is 14.1. The average Bonchev–Trinajstić information content (AvgIpc) is 3.23. The predicted octanol–water partition coefficient (Wildman–Crippen LogP) is 4.08. The Morgan fingerprint density at radius 3 is 2.62 bits per heavy atom. The summed E-state index contributed by atoms with van der Waals surface area (Å²) in [6.45, 7) is 0. The molecule has 2 aromatic rings. The molecule has 3 heteroatoms. The smallest absolute Gasteiger partial charge is 0.248 e. The van der Waals surface area contributed by atoms with Gasteiger partial charge in [-0.2, -0.15) is 0 Å². The van der Waals surface area contributed by atoms with E-state index in [1.165, 1.54) is 36.1 Å². The van der Waals surface area contributed by atoms with Gasteiger partial charge in [0.15, 0.2) is 0 Å². The van der Waals surface area contributed by atoms with Crippen molar-refractivity contribution in [3.05, 3.63) is 65.2 Å². The van der Waals surface area contributed by atoms with Crippen LogP contribution < -0.4 is 11.1 Å². The predicted molar refractivity (Wildman–Crippen MR) is 94.8 cm³/mol. The third-order valence-electron chi connectivity index (χ3n) is 6.53. The lowest BCUT2D eigenvalue weighted by Gasteiger charge is -2.43. The molecule has 3 nitrogen and oxygen atoms in total. The lowest BCUT2D eigenvalue weighted by Crippen LogP contribution is -2.35. The van der Waals surface area contributed by atoms with Crippen LogP contribution in [0.5, 0.6) is 0 Å². The van der Waals surface area contributed by atoms with E-state index in [2.05, 4.69) is 35.6 Å². The van der Waals surface area contributed by atoms with Gasteiger partial charge in [-0.3, -0.25) is 4.79 Å². The SMILES string of the molecule is NC(=O)c1ccc2c(c1)[C@@H]1[C@H]3CC[C@@H](C3)[C@H]1[C@H](c1ccccc1)N2. The Labute approximate surface area is 142 Å². The Balaban J connectivity index is 1.64. The number of nitrogens with one attached hydrogen (secondary N) is 1. The van der Waals surface area contributed by atoms with Gasteiger partial charge in [0, 0.05) is 11.3 Å². The lowest BCUT2D eigenvalue weighted by molar-refractivity contribution is 0.1000. The van der Waals surface area contributed by atoms with E-state index in [-0.39, 0.29) is 5.91 Å². The minimum Gasteiger partial charge on any atom is -0.378 e. The zero-order valence-electron chi connectivity index (χ0n) is 13.6. The number of hydrogen-bond donors (Lipinski definition) is 2. The summed E-state index contributed by atoms with van der Waals surface area (Å²) < 4.78 is 0. The maximum Gasteiger partial charge on any atom is 0.248 e. The largest absolute Gasteiger partial charge is 0.378 e. The van der Waals surface area contributed by atoms with Crippen LogP contribution in [0.3, 0.4) is 0 Å². The van der Waals surface area contributed by atoms with Crippen molar-refractivity contribution in [3.63, 3.8) is 0 Å². The zero-order valence-corrected chi connectivity index (χ0v) is 13.6. The summed E-state index contributed by atoms with van der Waals surface area (Å²) in [7, 11) is 0. The Kier molecular flexibility index (Phi) is 2.99. The fourth-order valence-corrected chi connectivity index (χ4v) is 5.63. The summed E-state index contributed by atoms with van der Waals surface area (Å²) in [6, 6.07) is 17.1. The Bertz CT molecular complexity index is 801. The van der Waals surface area contributed by atoms with E-state index in [0.717, 1.165) is 11.8 Å². The van der Waals surface area contributed by atoms with E-state index in [1.54, 1.807) is 0 Å². The summed E-state index contributed by atoms with van der Waals surface area (Å²) >= 11 is 0. The molecule has 0 saturated heterocycles. The third-order valence-corrected chi connectivity index (χ3v) is 6.53. The van der Waals surface area contributed by atoms with Crippen molar-refractivity contribution in [2.75, 3.05) is 5.32 Å². The molecule has 2 fully saturated rings. The molecule has 0 unspecified atom stereocenters. The van der Waals surface area contributed by atoms with Crippen molar-refractivity contribution in [2.24, 2.45) is 23.5 Å². The number of anilines is 1. The fourth-order valence-electron chi connectivity index (χ4n) is 5.63. The Hall–Kier alpha value is -2.29. The quantitative estimate of drug-likeness (QED) is 0.876. The molecule has 2 aliphatic carbocycles. The molecule has 1 amide bonds. The molecule has 122 valence electrons. The highest BCUT2D eigenvalue weighted by molar-refractivity contribution is 5.93. The number of fused-ring (bicyclic) bond motifs is 7. The molecular formula is C21H22N2O. The first-order valence-corrected chi connectivity index (χ1v) is 8.97. The molecule has 3 N–H and O–H groups in total. The molecule has 24 heavy (non-hydrogen) atoms. The highest BCUT2D eigenvalue weighted by atomic mass is 16.1. The van der Waals surface area contributed by atoms with Crippen molar-refractivity contribution < 1.29 is 4.79 Å². The van der Waals surface area contributed by atoms with Crippen LogP contribution in [0.2, 0.25) is 0 Å². The summed E-state index contributed by atoms with van der Waals surface area (Å²) in [6.07, 6.45) is 4.01. The van der Waals surface area contributed by atoms with Gasteiger partial charge in [0.25, 0.3) is 0 Å².